The van der Waals surface area contributed by atoms with E-state index in [2.05, 4.69) is 27.2 Å². The van der Waals surface area contributed by atoms with Gasteiger partial charge in [-0.2, -0.15) is 4.98 Å². The Morgan fingerprint density at radius 3 is 3.05 bits per heavy atom. The molecule has 0 spiro atoms. The number of rotatable bonds is 5. The molecule has 5 nitrogen and oxygen atoms in total. The van der Waals surface area contributed by atoms with Crippen LogP contribution in [-0.2, 0) is 0 Å². The van der Waals surface area contributed by atoms with Crippen molar-refractivity contribution in [2.24, 2.45) is 5.92 Å². The Morgan fingerprint density at radius 2 is 2.32 bits per heavy atom. The van der Waals surface area contributed by atoms with Crippen molar-refractivity contribution in [3.8, 4) is 5.88 Å². The van der Waals surface area contributed by atoms with Gasteiger partial charge in [0, 0.05) is 19.2 Å². The standard InChI is InChI=1S/C14H24N4O/c1-4-19-14-8-13(16-11(2)17-14)15-9-12-6-5-7-18(3)10-12/h8,12H,4-7,9-10H2,1-3H3,(H,15,16,17). The smallest absolute Gasteiger partial charge is 0.218 e. The summed E-state index contributed by atoms with van der Waals surface area (Å²) >= 11 is 0. The Hall–Kier alpha value is -1.36. The van der Waals surface area contributed by atoms with Crippen LogP contribution in [0.25, 0.3) is 0 Å². The van der Waals surface area contributed by atoms with Crippen LogP contribution in [0.1, 0.15) is 25.6 Å². The van der Waals surface area contributed by atoms with Crippen molar-refractivity contribution in [1.29, 1.82) is 0 Å². The van der Waals surface area contributed by atoms with Crippen molar-refractivity contribution in [2.75, 3.05) is 38.6 Å². The van der Waals surface area contributed by atoms with Crippen molar-refractivity contribution in [3.05, 3.63) is 11.9 Å². The third-order valence-corrected chi connectivity index (χ3v) is 3.40. The van der Waals surface area contributed by atoms with Gasteiger partial charge in [0.05, 0.1) is 6.61 Å². The number of piperidine rings is 1. The summed E-state index contributed by atoms with van der Waals surface area (Å²) in [7, 11) is 2.19. The first-order valence-electron chi connectivity index (χ1n) is 7.08. The Kier molecular flexibility index (Phi) is 4.96. The number of anilines is 1. The normalized spacial score (nSPS) is 20.3. The first-order chi connectivity index (χ1) is 9.17. The van der Waals surface area contributed by atoms with E-state index in [1.807, 2.05) is 19.9 Å². The van der Waals surface area contributed by atoms with Gasteiger partial charge in [-0.3, -0.25) is 0 Å². The van der Waals surface area contributed by atoms with Crippen molar-refractivity contribution in [2.45, 2.75) is 26.7 Å². The molecule has 0 aliphatic carbocycles. The number of nitrogens with zero attached hydrogens (tertiary/aromatic N) is 3. The molecule has 0 bridgehead atoms. The molecule has 0 aromatic carbocycles. The van der Waals surface area contributed by atoms with Gasteiger partial charge in [-0.25, -0.2) is 4.98 Å². The summed E-state index contributed by atoms with van der Waals surface area (Å²) in [6.07, 6.45) is 2.58. The molecular formula is C14H24N4O. The van der Waals surface area contributed by atoms with Crippen molar-refractivity contribution >= 4 is 5.82 Å². The van der Waals surface area contributed by atoms with E-state index in [-0.39, 0.29) is 0 Å². The van der Waals surface area contributed by atoms with Gasteiger partial charge in [0.2, 0.25) is 5.88 Å². The van der Waals surface area contributed by atoms with Gasteiger partial charge in [-0.1, -0.05) is 0 Å². The second-order valence-electron chi connectivity index (χ2n) is 5.22. The first-order valence-corrected chi connectivity index (χ1v) is 7.08. The molecule has 5 heteroatoms. The topological polar surface area (TPSA) is 50.3 Å². The fourth-order valence-corrected chi connectivity index (χ4v) is 2.54. The number of aromatic nitrogens is 2. The molecule has 1 fully saturated rings. The van der Waals surface area contributed by atoms with Crippen LogP contribution in [0.5, 0.6) is 5.88 Å². The van der Waals surface area contributed by atoms with Crippen LogP contribution in [0.3, 0.4) is 0 Å². The van der Waals surface area contributed by atoms with Gasteiger partial charge in [0.1, 0.15) is 11.6 Å². The van der Waals surface area contributed by atoms with Crippen LogP contribution < -0.4 is 10.1 Å². The molecule has 1 aliphatic heterocycles. The summed E-state index contributed by atoms with van der Waals surface area (Å²) in [6, 6.07) is 1.88. The summed E-state index contributed by atoms with van der Waals surface area (Å²) in [5.41, 5.74) is 0. The van der Waals surface area contributed by atoms with Crippen LogP contribution in [0.15, 0.2) is 6.07 Å². The highest BCUT2D eigenvalue weighted by Gasteiger charge is 2.17. The van der Waals surface area contributed by atoms with Crippen LogP contribution in [0.2, 0.25) is 0 Å². The molecule has 1 saturated heterocycles. The maximum atomic E-state index is 5.44. The molecule has 1 unspecified atom stereocenters. The minimum atomic E-state index is 0.628. The van der Waals surface area contributed by atoms with Crippen LogP contribution in [0, 0.1) is 12.8 Å². The quantitative estimate of drug-likeness (QED) is 0.880. The molecule has 1 N–H and O–H groups in total. The number of hydrogen-bond donors (Lipinski definition) is 1. The van der Waals surface area contributed by atoms with Gasteiger partial charge < -0.3 is 15.0 Å². The maximum absolute atomic E-state index is 5.44. The number of nitrogens with one attached hydrogen (secondary N) is 1. The fourth-order valence-electron chi connectivity index (χ4n) is 2.54. The Bertz CT molecular complexity index is 410. The monoisotopic (exact) mass is 264 g/mol. The zero-order valence-corrected chi connectivity index (χ0v) is 12.1. The van der Waals surface area contributed by atoms with Crippen LogP contribution >= 0.6 is 0 Å². The predicted molar refractivity (Wildman–Crippen MR) is 76.6 cm³/mol. The zero-order valence-electron chi connectivity index (χ0n) is 12.1. The molecule has 1 atom stereocenters. The summed E-state index contributed by atoms with van der Waals surface area (Å²) in [5.74, 6) is 2.96. The lowest BCUT2D eigenvalue weighted by atomic mass is 9.98. The molecule has 19 heavy (non-hydrogen) atoms. The average Bonchev–Trinajstić information content (AvgIpc) is 2.36. The summed E-state index contributed by atoms with van der Waals surface area (Å²) in [5, 5.41) is 3.42. The predicted octanol–water partition coefficient (Wildman–Crippen LogP) is 1.94. The summed E-state index contributed by atoms with van der Waals surface area (Å²) in [4.78, 5) is 11.0. The van der Waals surface area contributed by atoms with E-state index >= 15 is 0 Å². The van der Waals surface area contributed by atoms with E-state index in [1.165, 1.54) is 19.4 Å². The lowest BCUT2D eigenvalue weighted by molar-refractivity contribution is 0.217. The first kappa shape index (κ1) is 14.1. The summed E-state index contributed by atoms with van der Waals surface area (Å²) < 4.78 is 5.44. The van der Waals surface area contributed by atoms with Crippen molar-refractivity contribution < 1.29 is 4.74 Å². The van der Waals surface area contributed by atoms with E-state index in [4.69, 9.17) is 4.74 Å². The number of ether oxygens (including phenoxy) is 1. The largest absolute Gasteiger partial charge is 0.478 e. The minimum absolute atomic E-state index is 0.628. The molecule has 0 saturated carbocycles. The number of likely N-dealkylation sites (tertiary alicyclic amines) is 1. The lowest BCUT2D eigenvalue weighted by Crippen LogP contribution is -2.35. The van der Waals surface area contributed by atoms with Gasteiger partial charge in [-0.05, 0) is 46.2 Å². The Labute approximate surface area is 115 Å². The summed E-state index contributed by atoms with van der Waals surface area (Å²) in [6.45, 7) is 7.83. The lowest BCUT2D eigenvalue weighted by Gasteiger charge is -2.29. The highest BCUT2D eigenvalue weighted by atomic mass is 16.5. The Balaban J connectivity index is 1.91. The number of aryl methyl sites for hydroxylation is 1. The second kappa shape index (κ2) is 6.70. The third-order valence-electron chi connectivity index (χ3n) is 3.40. The molecule has 0 amide bonds. The highest BCUT2D eigenvalue weighted by Crippen LogP contribution is 2.17. The SMILES string of the molecule is CCOc1cc(NCC2CCCN(C)C2)nc(C)n1. The molecule has 1 aromatic heterocycles. The van der Waals surface area contributed by atoms with Gasteiger partial charge in [0.25, 0.3) is 0 Å². The van der Waals surface area contributed by atoms with Gasteiger partial charge in [0.15, 0.2) is 0 Å². The zero-order chi connectivity index (χ0) is 13.7. The van der Waals surface area contributed by atoms with Gasteiger partial charge >= 0.3 is 0 Å². The van der Waals surface area contributed by atoms with Crippen LogP contribution in [0.4, 0.5) is 5.82 Å². The molecule has 1 aromatic rings. The molecule has 1 aliphatic rings. The van der Waals surface area contributed by atoms with Gasteiger partial charge in [-0.15, -0.1) is 0 Å². The molecule has 0 radical (unpaired) electrons. The molecule has 2 rings (SSSR count). The molecule has 2 heterocycles. The Morgan fingerprint density at radius 1 is 1.47 bits per heavy atom. The van der Waals surface area contributed by atoms with Crippen molar-refractivity contribution in [3.63, 3.8) is 0 Å². The van der Waals surface area contributed by atoms with E-state index in [9.17, 15) is 0 Å². The molecular weight excluding hydrogens is 240 g/mol. The minimum Gasteiger partial charge on any atom is -0.478 e. The van der Waals surface area contributed by atoms with E-state index in [0.717, 1.165) is 24.7 Å². The molecule has 106 valence electrons. The highest BCUT2D eigenvalue weighted by molar-refractivity contribution is 5.38. The van der Waals surface area contributed by atoms with E-state index in [0.29, 0.717) is 18.4 Å². The van der Waals surface area contributed by atoms with E-state index in [1.54, 1.807) is 0 Å². The van der Waals surface area contributed by atoms with E-state index < -0.39 is 0 Å². The number of hydrogen-bond acceptors (Lipinski definition) is 5. The third kappa shape index (κ3) is 4.35. The fraction of sp³-hybridized carbons (Fsp3) is 0.714. The van der Waals surface area contributed by atoms with Crippen LogP contribution in [-0.4, -0.2) is 48.2 Å². The van der Waals surface area contributed by atoms with Crippen molar-refractivity contribution in [1.82, 2.24) is 14.9 Å². The second-order valence-corrected chi connectivity index (χ2v) is 5.22. The maximum Gasteiger partial charge on any atom is 0.218 e. The average molecular weight is 264 g/mol.